The highest BCUT2D eigenvalue weighted by atomic mass is 35.5. The van der Waals surface area contributed by atoms with Crippen LogP contribution in [0.15, 0.2) is 24.3 Å². The molecule has 4 heteroatoms. The highest BCUT2D eigenvalue weighted by Crippen LogP contribution is 2.32. The molecule has 0 atom stereocenters. The molecule has 0 radical (unpaired) electrons. The SMILES string of the molecule is O=C1C=CC(=O)c2c1ccc(Cl)c2O. The van der Waals surface area contributed by atoms with Crippen molar-refractivity contribution in [2.45, 2.75) is 0 Å². The molecule has 0 fully saturated rings. The maximum Gasteiger partial charge on any atom is 0.190 e. The number of fused-ring (bicyclic) bond motifs is 1. The van der Waals surface area contributed by atoms with Gasteiger partial charge >= 0.3 is 0 Å². The molecule has 1 aliphatic rings. The molecule has 0 aliphatic heterocycles. The fraction of sp³-hybridized carbons (Fsp3) is 0. The Morgan fingerprint density at radius 2 is 1.71 bits per heavy atom. The van der Waals surface area contributed by atoms with Crippen LogP contribution < -0.4 is 0 Å². The van der Waals surface area contributed by atoms with Crippen molar-refractivity contribution >= 4 is 23.2 Å². The van der Waals surface area contributed by atoms with Crippen molar-refractivity contribution in [3.63, 3.8) is 0 Å². The van der Waals surface area contributed by atoms with E-state index in [9.17, 15) is 14.7 Å². The monoisotopic (exact) mass is 208 g/mol. The second-order valence-electron chi connectivity index (χ2n) is 2.88. The van der Waals surface area contributed by atoms with E-state index in [1.807, 2.05) is 0 Å². The summed E-state index contributed by atoms with van der Waals surface area (Å²) in [5, 5.41) is 9.56. The summed E-state index contributed by atoms with van der Waals surface area (Å²) in [6.45, 7) is 0. The second-order valence-corrected chi connectivity index (χ2v) is 3.29. The van der Waals surface area contributed by atoms with Gasteiger partial charge < -0.3 is 5.11 Å². The van der Waals surface area contributed by atoms with Gasteiger partial charge in [0.1, 0.15) is 5.75 Å². The summed E-state index contributed by atoms with van der Waals surface area (Å²) in [4.78, 5) is 22.6. The number of phenolic OH excluding ortho intramolecular Hbond substituents is 1. The van der Waals surface area contributed by atoms with E-state index in [0.717, 1.165) is 6.08 Å². The number of ketones is 2. The zero-order valence-corrected chi connectivity index (χ0v) is 7.71. The van der Waals surface area contributed by atoms with E-state index in [-0.39, 0.29) is 27.7 Å². The number of hydrogen-bond donors (Lipinski definition) is 1. The minimum Gasteiger partial charge on any atom is -0.506 e. The largest absolute Gasteiger partial charge is 0.506 e. The zero-order chi connectivity index (χ0) is 10.3. The number of halogens is 1. The predicted molar refractivity (Wildman–Crippen MR) is 50.9 cm³/mol. The van der Waals surface area contributed by atoms with Gasteiger partial charge in [0.15, 0.2) is 11.6 Å². The Morgan fingerprint density at radius 1 is 1.07 bits per heavy atom. The zero-order valence-electron chi connectivity index (χ0n) is 6.95. The minimum absolute atomic E-state index is 0.00926. The Balaban J connectivity index is 2.79. The molecule has 0 unspecified atom stereocenters. The lowest BCUT2D eigenvalue weighted by molar-refractivity contribution is 0.0991. The lowest BCUT2D eigenvalue weighted by Crippen LogP contribution is -2.11. The van der Waals surface area contributed by atoms with E-state index in [1.165, 1.54) is 18.2 Å². The van der Waals surface area contributed by atoms with Gasteiger partial charge in [-0.3, -0.25) is 9.59 Å². The molecule has 70 valence electrons. The average molecular weight is 209 g/mol. The quantitative estimate of drug-likeness (QED) is 0.709. The highest BCUT2D eigenvalue weighted by Gasteiger charge is 2.23. The Hall–Kier alpha value is -1.61. The van der Waals surface area contributed by atoms with Crippen molar-refractivity contribution in [2.75, 3.05) is 0 Å². The summed E-state index contributed by atoms with van der Waals surface area (Å²) < 4.78 is 0. The van der Waals surface area contributed by atoms with Crippen LogP contribution in [0.25, 0.3) is 0 Å². The summed E-state index contributed by atoms with van der Waals surface area (Å²) in [5.74, 6) is -1.03. The van der Waals surface area contributed by atoms with E-state index in [0.29, 0.717) is 0 Å². The second kappa shape index (κ2) is 2.96. The molecule has 1 N–H and O–H groups in total. The molecule has 1 aliphatic carbocycles. The molecule has 0 spiro atoms. The fourth-order valence-corrected chi connectivity index (χ4v) is 1.50. The van der Waals surface area contributed by atoms with Gasteiger partial charge in [-0.1, -0.05) is 11.6 Å². The van der Waals surface area contributed by atoms with Crippen LogP contribution >= 0.6 is 11.6 Å². The van der Waals surface area contributed by atoms with Gasteiger partial charge in [0.05, 0.1) is 10.6 Å². The molecule has 0 saturated heterocycles. The lowest BCUT2D eigenvalue weighted by Gasteiger charge is -2.10. The fourth-order valence-electron chi connectivity index (χ4n) is 1.34. The number of phenols is 1. The third kappa shape index (κ3) is 1.14. The Kier molecular flexibility index (Phi) is 1.89. The Morgan fingerprint density at radius 3 is 2.43 bits per heavy atom. The third-order valence-electron chi connectivity index (χ3n) is 2.03. The molecule has 0 aromatic heterocycles. The van der Waals surface area contributed by atoms with Gasteiger partial charge in [-0.05, 0) is 24.3 Å². The molecular weight excluding hydrogens is 204 g/mol. The van der Waals surface area contributed by atoms with E-state index in [2.05, 4.69) is 0 Å². The topological polar surface area (TPSA) is 54.4 Å². The highest BCUT2D eigenvalue weighted by molar-refractivity contribution is 6.34. The van der Waals surface area contributed by atoms with Crippen LogP contribution in [-0.4, -0.2) is 16.7 Å². The van der Waals surface area contributed by atoms with Gasteiger partial charge in [-0.25, -0.2) is 0 Å². The number of allylic oxidation sites excluding steroid dienone is 2. The normalized spacial score (nSPS) is 14.4. The van der Waals surface area contributed by atoms with Crippen molar-refractivity contribution < 1.29 is 14.7 Å². The first-order valence-corrected chi connectivity index (χ1v) is 4.27. The first-order chi connectivity index (χ1) is 6.61. The summed E-state index contributed by atoms with van der Waals surface area (Å²) in [6, 6.07) is 2.82. The van der Waals surface area contributed by atoms with Crippen molar-refractivity contribution in [2.24, 2.45) is 0 Å². The minimum atomic E-state index is -0.403. The first-order valence-electron chi connectivity index (χ1n) is 3.89. The Bertz CT molecular complexity index is 475. The van der Waals surface area contributed by atoms with Crippen LogP contribution in [0.5, 0.6) is 5.75 Å². The van der Waals surface area contributed by atoms with Gasteiger partial charge in [0.25, 0.3) is 0 Å². The molecule has 2 rings (SSSR count). The summed E-state index contributed by atoms with van der Waals surface area (Å²) >= 11 is 5.62. The van der Waals surface area contributed by atoms with Gasteiger partial charge in [0, 0.05) is 5.56 Å². The number of rotatable bonds is 0. The molecule has 1 aromatic rings. The molecule has 0 amide bonds. The standard InChI is InChI=1S/C10H5ClO3/c11-6-2-1-5-7(12)3-4-8(13)9(5)10(6)14/h1-4,14H. The van der Waals surface area contributed by atoms with E-state index in [1.54, 1.807) is 0 Å². The average Bonchev–Trinajstić information content (AvgIpc) is 2.16. The smallest absolute Gasteiger partial charge is 0.190 e. The Labute approximate surface area is 84.6 Å². The van der Waals surface area contributed by atoms with Crippen molar-refractivity contribution in [3.05, 3.63) is 40.4 Å². The third-order valence-corrected chi connectivity index (χ3v) is 2.33. The van der Waals surface area contributed by atoms with Gasteiger partial charge in [-0.15, -0.1) is 0 Å². The van der Waals surface area contributed by atoms with Crippen molar-refractivity contribution in [1.29, 1.82) is 0 Å². The maximum absolute atomic E-state index is 11.3. The van der Waals surface area contributed by atoms with Crippen LogP contribution in [0.2, 0.25) is 5.02 Å². The number of carbonyl (C=O) groups is 2. The van der Waals surface area contributed by atoms with Gasteiger partial charge in [0.2, 0.25) is 0 Å². The molecule has 1 aromatic carbocycles. The van der Waals surface area contributed by atoms with Crippen LogP contribution in [0.3, 0.4) is 0 Å². The number of carbonyl (C=O) groups excluding carboxylic acids is 2. The first kappa shape index (κ1) is 8.97. The number of benzene rings is 1. The van der Waals surface area contributed by atoms with Crippen LogP contribution in [0.1, 0.15) is 20.7 Å². The van der Waals surface area contributed by atoms with Crippen LogP contribution in [0, 0.1) is 0 Å². The maximum atomic E-state index is 11.3. The van der Waals surface area contributed by atoms with Crippen molar-refractivity contribution in [3.8, 4) is 5.75 Å². The molecule has 14 heavy (non-hydrogen) atoms. The summed E-state index contributed by atoms with van der Waals surface area (Å²) in [6.07, 6.45) is 2.30. The van der Waals surface area contributed by atoms with E-state index in [4.69, 9.17) is 11.6 Å². The predicted octanol–water partition coefficient (Wildman–Crippen LogP) is 1.98. The number of aromatic hydroxyl groups is 1. The van der Waals surface area contributed by atoms with E-state index >= 15 is 0 Å². The number of hydrogen-bond acceptors (Lipinski definition) is 3. The van der Waals surface area contributed by atoms with Crippen LogP contribution in [0.4, 0.5) is 0 Å². The molecular formula is C10H5ClO3. The van der Waals surface area contributed by atoms with E-state index < -0.39 is 5.78 Å². The van der Waals surface area contributed by atoms with Gasteiger partial charge in [-0.2, -0.15) is 0 Å². The lowest BCUT2D eigenvalue weighted by atomic mass is 9.94. The van der Waals surface area contributed by atoms with Crippen molar-refractivity contribution in [1.82, 2.24) is 0 Å². The molecule has 3 nitrogen and oxygen atoms in total. The molecule has 0 bridgehead atoms. The molecule has 0 saturated carbocycles. The summed E-state index contributed by atoms with van der Waals surface area (Å²) in [7, 11) is 0. The van der Waals surface area contributed by atoms with Crippen LogP contribution in [-0.2, 0) is 0 Å². The summed E-state index contributed by atoms with van der Waals surface area (Å²) in [5.41, 5.74) is 0.185. The molecule has 0 heterocycles.